The van der Waals surface area contributed by atoms with E-state index < -0.39 is 23.6 Å². The number of imidazole rings is 1. The van der Waals surface area contributed by atoms with Gasteiger partial charge in [0.1, 0.15) is 17.6 Å². The number of aromatic nitrogens is 3. The smallest absolute Gasteiger partial charge is 0.292 e. The predicted molar refractivity (Wildman–Crippen MR) is 87.8 cm³/mol. The standard InChI is InChI=1S/C18H12F2N4O3/c19-10-1-2-11(20)17-9(10)5-13(27-17)16-15-12(22-7-23-15)3-4-24(16)18(25)14-6-21-8-26-14/h1-2,5-8,16H,3-4H2,(H,22,23)/t16-/m0/s1. The fourth-order valence-corrected chi connectivity index (χ4v) is 3.46. The molecule has 9 heteroatoms. The van der Waals surface area contributed by atoms with Gasteiger partial charge in [0.25, 0.3) is 5.91 Å². The number of halogens is 2. The van der Waals surface area contributed by atoms with E-state index in [0.717, 1.165) is 24.2 Å². The van der Waals surface area contributed by atoms with Crippen molar-refractivity contribution in [3.8, 4) is 0 Å². The first-order valence-corrected chi connectivity index (χ1v) is 8.22. The third-order valence-electron chi connectivity index (χ3n) is 4.70. The Kier molecular flexibility index (Phi) is 3.36. The summed E-state index contributed by atoms with van der Waals surface area (Å²) in [5.74, 6) is -1.41. The fourth-order valence-electron chi connectivity index (χ4n) is 3.46. The van der Waals surface area contributed by atoms with Crippen LogP contribution in [0.15, 0.2) is 46.0 Å². The summed E-state index contributed by atoms with van der Waals surface area (Å²) in [5, 5.41) is 0.0136. The average Bonchev–Trinajstić information content (AvgIpc) is 3.43. The second kappa shape index (κ2) is 5.76. The third kappa shape index (κ3) is 2.35. The number of nitrogens with one attached hydrogen (secondary N) is 1. The molecule has 1 atom stereocenters. The van der Waals surface area contributed by atoms with Crippen LogP contribution in [-0.4, -0.2) is 32.3 Å². The first kappa shape index (κ1) is 15.7. The van der Waals surface area contributed by atoms with Gasteiger partial charge >= 0.3 is 0 Å². The number of hydrogen-bond donors (Lipinski definition) is 1. The highest BCUT2D eigenvalue weighted by molar-refractivity contribution is 5.92. The average molecular weight is 370 g/mol. The zero-order valence-corrected chi connectivity index (χ0v) is 13.8. The minimum Gasteiger partial charge on any atom is -0.455 e. The molecule has 5 rings (SSSR count). The van der Waals surface area contributed by atoms with Gasteiger partial charge in [0.05, 0.1) is 23.6 Å². The van der Waals surface area contributed by atoms with Crippen LogP contribution in [0, 0.1) is 11.6 Å². The number of aromatic amines is 1. The topological polar surface area (TPSA) is 88.2 Å². The van der Waals surface area contributed by atoms with Gasteiger partial charge in [-0.05, 0) is 18.2 Å². The summed E-state index contributed by atoms with van der Waals surface area (Å²) in [6.45, 7) is 0.349. The molecule has 7 nitrogen and oxygen atoms in total. The highest BCUT2D eigenvalue weighted by atomic mass is 19.1. The molecule has 0 spiro atoms. The maximum absolute atomic E-state index is 14.1. The van der Waals surface area contributed by atoms with Crippen molar-refractivity contribution in [2.45, 2.75) is 12.5 Å². The van der Waals surface area contributed by atoms with Gasteiger partial charge in [-0.1, -0.05) is 0 Å². The lowest BCUT2D eigenvalue weighted by molar-refractivity contribution is 0.0640. The maximum atomic E-state index is 14.1. The van der Waals surface area contributed by atoms with Crippen LogP contribution in [0.2, 0.25) is 0 Å². The summed E-state index contributed by atoms with van der Waals surface area (Å²) in [5.41, 5.74) is 1.21. The molecule has 4 heterocycles. The van der Waals surface area contributed by atoms with E-state index >= 15 is 0 Å². The molecule has 0 radical (unpaired) electrons. The monoisotopic (exact) mass is 370 g/mol. The van der Waals surface area contributed by atoms with Crippen molar-refractivity contribution in [2.75, 3.05) is 6.54 Å². The largest absolute Gasteiger partial charge is 0.455 e. The van der Waals surface area contributed by atoms with Crippen molar-refractivity contribution in [3.63, 3.8) is 0 Å². The molecule has 1 aliphatic rings. The first-order chi connectivity index (χ1) is 13.1. The van der Waals surface area contributed by atoms with Gasteiger partial charge in [-0.15, -0.1) is 0 Å². The van der Waals surface area contributed by atoms with Crippen LogP contribution in [0.25, 0.3) is 11.0 Å². The Hall–Kier alpha value is -3.49. The van der Waals surface area contributed by atoms with Gasteiger partial charge in [-0.3, -0.25) is 4.79 Å². The molecular weight excluding hydrogens is 358 g/mol. The lowest BCUT2D eigenvalue weighted by atomic mass is 10.00. The van der Waals surface area contributed by atoms with E-state index in [9.17, 15) is 13.6 Å². The van der Waals surface area contributed by atoms with Gasteiger partial charge in [-0.25, -0.2) is 18.7 Å². The summed E-state index contributed by atoms with van der Waals surface area (Å²) < 4.78 is 38.9. The van der Waals surface area contributed by atoms with Gasteiger partial charge < -0.3 is 18.7 Å². The highest BCUT2D eigenvalue weighted by Crippen LogP contribution is 2.38. The van der Waals surface area contributed by atoms with Crippen LogP contribution in [0.5, 0.6) is 0 Å². The normalized spacial score (nSPS) is 16.7. The van der Waals surface area contributed by atoms with Gasteiger partial charge in [0.2, 0.25) is 5.76 Å². The van der Waals surface area contributed by atoms with E-state index in [-0.39, 0.29) is 22.5 Å². The van der Waals surface area contributed by atoms with E-state index in [1.807, 2.05) is 0 Å². The van der Waals surface area contributed by atoms with Crippen LogP contribution in [0.3, 0.4) is 0 Å². The lowest BCUT2D eigenvalue weighted by Crippen LogP contribution is -2.40. The fraction of sp³-hybridized carbons (Fsp3) is 0.167. The summed E-state index contributed by atoms with van der Waals surface area (Å²) >= 11 is 0. The number of fused-ring (bicyclic) bond motifs is 2. The molecule has 27 heavy (non-hydrogen) atoms. The number of H-pyrrole nitrogens is 1. The zero-order valence-electron chi connectivity index (χ0n) is 13.8. The van der Waals surface area contributed by atoms with Crippen LogP contribution in [0.4, 0.5) is 8.78 Å². The van der Waals surface area contributed by atoms with Gasteiger partial charge in [0, 0.05) is 18.7 Å². The molecular formula is C18H12F2N4O3. The van der Waals surface area contributed by atoms with E-state index in [2.05, 4.69) is 15.0 Å². The van der Waals surface area contributed by atoms with Crippen molar-refractivity contribution in [3.05, 3.63) is 71.7 Å². The molecule has 1 aliphatic heterocycles. The second-order valence-corrected chi connectivity index (χ2v) is 6.20. The Morgan fingerprint density at radius 1 is 1.30 bits per heavy atom. The van der Waals surface area contributed by atoms with Crippen molar-refractivity contribution >= 4 is 16.9 Å². The van der Waals surface area contributed by atoms with E-state index in [0.29, 0.717) is 18.7 Å². The van der Waals surface area contributed by atoms with Crippen molar-refractivity contribution in [1.82, 2.24) is 19.9 Å². The molecule has 1 aromatic carbocycles. The Morgan fingerprint density at radius 2 is 2.15 bits per heavy atom. The number of hydrogen-bond acceptors (Lipinski definition) is 5. The predicted octanol–water partition coefficient (Wildman–Crippen LogP) is 3.21. The van der Waals surface area contributed by atoms with Crippen molar-refractivity contribution in [2.24, 2.45) is 0 Å². The lowest BCUT2D eigenvalue weighted by Gasteiger charge is -2.32. The Morgan fingerprint density at radius 3 is 2.93 bits per heavy atom. The van der Waals surface area contributed by atoms with E-state index in [1.165, 1.54) is 23.5 Å². The number of carbonyl (C=O) groups is 1. The molecule has 0 saturated heterocycles. The second-order valence-electron chi connectivity index (χ2n) is 6.20. The van der Waals surface area contributed by atoms with Crippen LogP contribution in [0.1, 0.15) is 33.7 Å². The summed E-state index contributed by atoms with van der Waals surface area (Å²) in [6, 6.07) is 2.70. The Labute approximate surface area is 150 Å². The summed E-state index contributed by atoms with van der Waals surface area (Å²) in [7, 11) is 0. The number of nitrogens with zero attached hydrogens (tertiary/aromatic N) is 3. The molecule has 0 aliphatic carbocycles. The minimum atomic E-state index is -0.746. The molecule has 0 bridgehead atoms. The Balaban J connectivity index is 1.67. The minimum absolute atomic E-state index is 0.0136. The Bertz CT molecular complexity index is 1110. The third-order valence-corrected chi connectivity index (χ3v) is 4.70. The molecule has 0 saturated carbocycles. The number of furan rings is 1. The molecule has 4 aromatic rings. The number of rotatable bonds is 2. The maximum Gasteiger partial charge on any atom is 0.292 e. The molecule has 0 fully saturated rings. The SMILES string of the molecule is O=C(c1cnco1)N1CCc2[nH]cnc2[C@@H]1c1cc2c(F)ccc(F)c2o1. The van der Waals surface area contributed by atoms with Gasteiger partial charge in [-0.2, -0.15) is 0 Å². The molecule has 3 aromatic heterocycles. The zero-order chi connectivity index (χ0) is 18.5. The molecule has 0 unspecified atom stereocenters. The van der Waals surface area contributed by atoms with Crippen LogP contribution < -0.4 is 0 Å². The number of benzene rings is 1. The number of amides is 1. The van der Waals surface area contributed by atoms with Crippen LogP contribution >= 0.6 is 0 Å². The number of carbonyl (C=O) groups excluding carboxylic acids is 1. The van der Waals surface area contributed by atoms with Crippen molar-refractivity contribution < 1.29 is 22.4 Å². The molecule has 136 valence electrons. The summed E-state index contributed by atoms with van der Waals surface area (Å²) in [4.78, 5) is 25.5. The first-order valence-electron chi connectivity index (χ1n) is 8.22. The van der Waals surface area contributed by atoms with Crippen LogP contribution in [-0.2, 0) is 6.42 Å². The summed E-state index contributed by atoms with van der Waals surface area (Å²) in [6.07, 6.45) is 4.55. The number of oxazole rings is 1. The van der Waals surface area contributed by atoms with E-state index in [1.54, 1.807) is 0 Å². The molecule has 1 amide bonds. The quantitative estimate of drug-likeness (QED) is 0.585. The molecule has 1 N–H and O–H groups in total. The van der Waals surface area contributed by atoms with Crippen molar-refractivity contribution in [1.29, 1.82) is 0 Å². The van der Waals surface area contributed by atoms with Gasteiger partial charge in [0.15, 0.2) is 17.8 Å². The highest BCUT2D eigenvalue weighted by Gasteiger charge is 2.38. The van der Waals surface area contributed by atoms with E-state index in [4.69, 9.17) is 8.83 Å².